The molecule has 1 unspecified atom stereocenters. The zero-order valence-corrected chi connectivity index (χ0v) is 19.4. The minimum absolute atomic E-state index is 0.123. The van der Waals surface area contributed by atoms with E-state index in [0.717, 1.165) is 12.8 Å². The highest BCUT2D eigenvalue weighted by atomic mass is 79.9. The van der Waals surface area contributed by atoms with E-state index in [4.69, 9.17) is 4.74 Å². The first kappa shape index (κ1) is 22.8. The maximum absolute atomic E-state index is 12.2. The molecule has 0 aliphatic carbocycles. The van der Waals surface area contributed by atoms with Crippen LogP contribution in [0.2, 0.25) is 0 Å². The largest absolute Gasteiger partial charge is 0.465 e. The van der Waals surface area contributed by atoms with Crippen LogP contribution < -0.4 is 10.2 Å². The third kappa shape index (κ3) is 5.04. The van der Waals surface area contributed by atoms with Crippen LogP contribution in [0.3, 0.4) is 0 Å². The van der Waals surface area contributed by atoms with Crippen molar-refractivity contribution in [3.05, 3.63) is 16.7 Å². The Labute approximate surface area is 184 Å². The molecule has 1 aliphatic heterocycles. The molecular formula is C20H30BrN5O4. The minimum Gasteiger partial charge on any atom is -0.465 e. The van der Waals surface area contributed by atoms with Crippen molar-refractivity contribution >= 4 is 39.3 Å². The lowest BCUT2D eigenvalue weighted by molar-refractivity contribution is 0.0440. The molecule has 0 bridgehead atoms. The standard InChI is InChI=1S/C20H30BrN5O4/c1-12(2)17(20(3,4)29)23-15-9-16(26-18(24-15)14(21)10-22-26)25(19(27)28)11-13-5-7-30-8-6-13/h9-10,12-13,17,29H,5-8,11H2,1-4H3,(H,23,24)(H,27,28). The first-order chi connectivity index (χ1) is 14.1. The summed E-state index contributed by atoms with van der Waals surface area (Å²) in [5.74, 6) is 1.23. The maximum Gasteiger partial charge on any atom is 0.413 e. The topological polar surface area (TPSA) is 112 Å². The number of anilines is 2. The van der Waals surface area contributed by atoms with Gasteiger partial charge in [0.2, 0.25) is 0 Å². The predicted octanol–water partition coefficient (Wildman–Crippen LogP) is 3.61. The van der Waals surface area contributed by atoms with E-state index < -0.39 is 11.7 Å². The van der Waals surface area contributed by atoms with Crippen LogP contribution in [-0.2, 0) is 4.74 Å². The van der Waals surface area contributed by atoms with Crippen LogP contribution in [-0.4, -0.2) is 62.3 Å². The lowest BCUT2D eigenvalue weighted by atomic mass is 9.89. The van der Waals surface area contributed by atoms with Crippen molar-refractivity contribution in [2.45, 2.75) is 52.2 Å². The van der Waals surface area contributed by atoms with Crippen LogP contribution in [0.4, 0.5) is 16.4 Å². The molecule has 2 aromatic heterocycles. The molecular weight excluding hydrogens is 454 g/mol. The number of ether oxygens (including phenoxy) is 1. The van der Waals surface area contributed by atoms with Crippen molar-refractivity contribution in [3.8, 4) is 0 Å². The summed E-state index contributed by atoms with van der Waals surface area (Å²) in [6, 6.07) is 1.40. The Kier molecular flexibility index (Phi) is 6.88. The molecule has 1 atom stereocenters. The van der Waals surface area contributed by atoms with Crippen molar-refractivity contribution in [1.29, 1.82) is 0 Å². The number of fused-ring (bicyclic) bond motifs is 1. The molecule has 9 nitrogen and oxygen atoms in total. The number of carboxylic acid groups (broad SMARTS) is 1. The van der Waals surface area contributed by atoms with Crippen LogP contribution in [0.15, 0.2) is 16.7 Å². The molecule has 1 amide bonds. The molecule has 1 aliphatic rings. The summed E-state index contributed by atoms with van der Waals surface area (Å²) in [6.07, 6.45) is 2.19. The van der Waals surface area contributed by atoms with Gasteiger partial charge in [0, 0.05) is 25.8 Å². The SMILES string of the molecule is CC(C)C(Nc1cc(N(CC2CCOCC2)C(=O)O)n2ncc(Br)c2n1)C(C)(C)O. The molecule has 1 fully saturated rings. The summed E-state index contributed by atoms with van der Waals surface area (Å²) in [4.78, 5) is 18.1. The van der Waals surface area contributed by atoms with Crippen molar-refractivity contribution in [1.82, 2.24) is 14.6 Å². The average molecular weight is 484 g/mol. The monoisotopic (exact) mass is 483 g/mol. The molecule has 3 rings (SSSR count). The predicted molar refractivity (Wildman–Crippen MR) is 118 cm³/mol. The summed E-state index contributed by atoms with van der Waals surface area (Å²) >= 11 is 3.45. The van der Waals surface area contributed by atoms with E-state index in [1.54, 1.807) is 26.1 Å². The number of rotatable bonds is 7. The second kappa shape index (κ2) is 9.07. The summed E-state index contributed by atoms with van der Waals surface area (Å²) in [6.45, 7) is 9.16. The fourth-order valence-electron chi connectivity index (χ4n) is 3.96. The Morgan fingerprint density at radius 1 is 1.43 bits per heavy atom. The van der Waals surface area contributed by atoms with Crippen LogP contribution in [0.1, 0.15) is 40.5 Å². The van der Waals surface area contributed by atoms with E-state index in [2.05, 4.69) is 31.3 Å². The molecule has 30 heavy (non-hydrogen) atoms. The van der Waals surface area contributed by atoms with Gasteiger partial charge in [-0.2, -0.15) is 9.61 Å². The van der Waals surface area contributed by atoms with Crippen LogP contribution >= 0.6 is 15.9 Å². The molecule has 0 saturated carbocycles. The minimum atomic E-state index is -1.05. The average Bonchev–Trinajstić information content (AvgIpc) is 3.04. The van der Waals surface area contributed by atoms with E-state index in [1.807, 2.05) is 13.8 Å². The molecule has 0 aromatic carbocycles. The van der Waals surface area contributed by atoms with Gasteiger partial charge in [0.05, 0.1) is 22.3 Å². The second-order valence-corrected chi connectivity index (χ2v) is 9.55. The summed E-state index contributed by atoms with van der Waals surface area (Å²) in [5.41, 5.74) is -0.486. The van der Waals surface area contributed by atoms with Gasteiger partial charge in [0.1, 0.15) is 11.6 Å². The Balaban J connectivity index is 2.02. The number of nitrogens with one attached hydrogen (secondary N) is 1. The van der Waals surface area contributed by atoms with E-state index in [0.29, 0.717) is 41.5 Å². The van der Waals surface area contributed by atoms with Gasteiger partial charge in [-0.25, -0.2) is 9.78 Å². The molecule has 2 aromatic rings. The smallest absolute Gasteiger partial charge is 0.413 e. The highest BCUT2D eigenvalue weighted by Crippen LogP contribution is 2.29. The number of aliphatic hydroxyl groups is 1. The highest BCUT2D eigenvalue weighted by Gasteiger charge is 2.31. The van der Waals surface area contributed by atoms with E-state index in [1.165, 1.54) is 9.42 Å². The Bertz CT molecular complexity index is 889. The number of nitrogens with zero attached hydrogens (tertiary/aromatic N) is 4. The van der Waals surface area contributed by atoms with E-state index in [-0.39, 0.29) is 17.9 Å². The van der Waals surface area contributed by atoms with Gasteiger partial charge in [-0.1, -0.05) is 13.8 Å². The molecule has 3 heterocycles. The number of carbonyl (C=O) groups is 1. The van der Waals surface area contributed by atoms with Crippen LogP contribution in [0.5, 0.6) is 0 Å². The number of hydrogen-bond donors (Lipinski definition) is 3. The highest BCUT2D eigenvalue weighted by molar-refractivity contribution is 9.10. The summed E-state index contributed by atoms with van der Waals surface area (Å²) < 4.78 is 7.59. The maximum atomic E-state index is 12.2. The van der Waals surface area contributed by atoms with Gasteiger partial charge < -0.3 is 20.3 Å². The first-order valence-electron chi connectivity index (χ1n) is 10.2. The summed E-state index contributed by atoms with van der Waals surface area (Å²) in [7, 11) is 0. The first-order valence-corrected chi connectivity index (χ1v) is 11.0. The van der Waals surface area contributed by atoms with Crippen molar-refractivity contribution in [3.63, 3.8) is 0 Å². The van der Waals surface area contributed by atoms with E-state index in [9.17, 15) is 15.0 Å². The van der Waals surface area contributed by atoms with Gasteiger partial charge in [-0.15, -0.1) is 0 Å². The van der Waals surface area contributed by atoms with Gasteiger partial charge in [-0.05, 0) is 54.5 Å². The van der Waals surface area contributed by atoms with Gasteiger partial charge in [-0.3, -0.25) is 4.90 Å². The third-order valence-corrected chi connectivity index (χ3v) is 5.99. The summed E-state index contributed by atoms with van der Waals surface area (Å²) in [5, 5.41) is 28.2. The quantitative estimate of drug-likeness (QED) is 0.551. The Morgan fingerprint density at radius 2 is 2.10 bits per heavy atom. The molecule has 0 radical (unpaired) electrons. The van der Waals surface area contributed by atoms with Gasteiger partial charge in [0.15, 0.2) is 5.65 Å². The Hall–Kier alpha value is -1.91. The van der Waals surface area contributed by atoms with Crippen molar-refractivity contribution in [2.75, 3.05) is 30.0 Å². The normalized spacial score (nSPS) is 16.8. The second-order valence-electron chi connectivity index (χ2n) is 8.70. The molecule has 1 saturated heterocycles. The number of amides is 1. The lowest BCUT2D eigenvalue weighted by Crippen LogP contribution is -2.45. The number of aromatic nitrogens is 3. The van der Waals surface area contributed by atoms with E-state index >= 15 is 0 Å². The molecule has 0 spiro atoms. The zero-order chi connectivity index (χ0) is 22.1. The fraction of sp³-hybridized carbons (Fsp3) is 0.650. The van der Waals surface area contributed by atoms with Gasteiger partial charge in [0.25, 0.3) is 0 Å². The molecule has 166 valence electrons. The van der Waals surface area contributed by atoms with Crippen LogP contribution in [0.25, 0.3) is 5.65 Å². The fourth-order valence-corrected chi connectivity index (χ4v) is 4.31. The molecule has 3 N–H and O–H groups in total. The number of hydrogen-bond acceptors (Lipinski definition) is 6. The zero-order valence-electron chi connectivity index (χ0n) is 17.8. The third-order valence-electron chi connectivity index (χ3n) is 5.43. The lowest BCUT2D eigenvalue weighted by Gasteiger charge is -2.34. The van der Waals surface area contributed by atoms with Crippen LogP contribution in [0, 0.1) is 11.8 Å². The number of halogens is 1. The van der Waals surface area contributed by atoms with Crippen molar-refractivity contribution < 1.29 is 19.7 Å². The Morgan fingerprint density at radius 3 is 2.67 bits per heavy atom. The molecule has 10 heteroatoms. The van der Waals surface area contributed by atoms with Gasteiger partial charge >= 0.3 is 6.09 Å². The van der Waals surface area contributed by atoms with Crippen molar-refractivity contribution in [2.24, 2.45) is 11.8 Å².